The monoisotopic (exact) mass is 433 g/mol. The van der Waals surface area contributed by atoms with E-state index in [9.17, 15) is 4.79 Å². The molecule has 1 unspecified atom stereocenters. The summed E-state index contributed by atoms with van der Waals surface area (Å²) in [6.45, 7) is 0.990. The molecule has 6 nitrogen and oxygen atoms in total. The molecule has 2 heterocycles. The molecule has 7 heteroatoms. The minimum atomic E-state index is -0.111. The van der Waals surface area contributed by atoms with Gasteiger partial charge in [0.1, 0.15) is 0 Å². The predicted molar refractivity (Wildman–Crippen MR) is 121 cm³/mol. The Bertz CT molecular complexity index is 1120. The molecule has 3 aromatic rings. The Hall–Kier alpha value is -3.34. The summed E-state index contributed by atoms with van der Waals surface area (Å²) in [6.07, 6.45) is 0.814. The second-order valence-electron chi connectivity index (χ2n) is 7.29. The topological polar surface area (TPSA) is 74.6 Å². The minimum Gasteiger partial charge on any atom is -0.493 e. The van der Waals surface area contributed by atoms with Crippen LogP contribution in [-0.2, 0) is 11.2 Å². The van der Waals surface area contributed by atoms with Gasteiger partial charge in [-0.3, -0.25) is 9.69 Å². The van der Waals surface area contributed by atoms with E-state index in [-0.39, 0.29) is 18.5 Å². The summed E-state index contributed by atoms with van der Waals surface area (Å²) in [4.78, 5) is 16.2. The molecule has 1 aliphatic heterocycles. The molecule has 4 rings (SSSR count). The summed E-state index contributed by atoms with van der Waals surface area (Å²) in [5.74, 6) is 1.29. The number of anilines is 1. The van der Waals surface area contributed by atoms with Crippen LogP contribution in [0.25, 0.3) is 0 Å². The number of ether oxygens (including phenoxy) is 2. The highest BCUT2D eigenvalue weighted by molar-refractivity contribution is 7.10. The molecule has 0 aliphatic carbocycles. The van der Waals surface area contributed by atoms with Gasteiger partial charge in [-0.15, -0.1) is 11.3 Å². The fraction of sp³-hybridized carbons (Fsp3) is 0.250. The molecule has 0 fully saturated rings. The number of nitriles is 1. The van der Waals surface area contributed by atoms with Crippen molar-refractivity contribution in [1.29, 1.82) is 5.26 Å². The Morgan fingerprint density at radius 3 is 2.71 bits per heavy atom. The van der Waals surface area contributed by atoms with Gasteiger partial charge in [0.05, 0.1) is 38.4 Å². The Morgan fingerprint density at radius 2 is 2.00 bits per heavy atom. The zero-order valence-corrected chi connectivity index (χ0v) is 18.2. The molecular weight excluding hydrogens is 410 g/mol. The van der Waals surface area contributed by atoms with E-state index in [0.717, 1.165) is 24.3 Å². The average molecular weight is 434 g/mol. The van der Waals surface area contributed by atoms with E-state index in [1.807, 2.05) is 18.2 Å². The third kappa shape index (κ3) is 4.41. The molecule has 0 saturated heterocycles. The number of fused-ring (bicyclic) bond motifs is 1. The third-order valence-electron chi connectivity index (χ3n) is 5.41. The lowest BCUT2D eigenvalue weighted by atomic mass is 9.91. The highest BCUT2D eigenvalue weighted by Crippen LogP contribution is 2.42. The number of amides is 1. The summed E-state index contributed by atoms with van der Waals surface area (Å²) < 4.78 is 11.0. The summed E-state index contributed by atoms with van der Waals surface area (Å²) >= 11 is 1.67. The van der Waals surface area contributed by atoms with Crippen LogP contribution in [0.4, 0.5) is 5.69 Å². The smallest absolute Gasteiger partial charge is 0.238 e. The maximum atomic E-state index is 12.9. The van der Waals surface area contributed by atoms with Gasteiger partial charge in [-0.25, -0.2) is 0 Å². The van der Waals surface area contributed by atoms with Gasteiger partial charge in [-0.05, 0) is 59.3 Å². The second kappa shape index (κ2) is 9.21. The van der Waals surface area contributed by atoms with Crippen LogP contribution in [0.2, 0.25) is 0 Å². The zero-order valence-electron chi connectivity index (χ0n) is 17.4. The number of carbonyl (C=O) groups is 1. The van der Waals surface area contributed by atoms with Crippen molar-refractivity contribution < 1.29 is 14.3 Å². The van der Waals surface area contributed by atoms with Gasteiger partial charge in [0.25, 0.3) is 0 Å². The van der Waals surface area contributed by atoms with E-state index in [0.29, 0.717) is 17.0 Å². The molecule has 0 bridgehead atoms. The van der Waals surface area contributed by atoms with Crippen molar-refractivity contribution in [2.75, 3.05) is 32.6 Å². The van der Waals surface area contributed by atoms with Crippen LogP contribution in [0.1, 0.15) is 27.6 Å². The van der Waals surface area contributed by atoms with Gasteiger partial charge in [-0.2, -0.15) is 5.26 Å². The highest BCUT2D eigenvalue weighted by Gasteiger charge is 2.32. The van der Waals surface area contributed by atoms with Crippen molar-refractivity contribution in [3.05, 3.63) is 75.5 Å². The molecule has 1 aromatic heterocycles. The molecule has 1 N–H and O–H groups in total. The number of hydrogen-bond donors (Lipinski definition) is 1. The molecule has 0 saturated carbocycles. The van der Waals surface area contributed by atoms with E-state index in [2.05, 4.69) is 27.7 Å². The fourth-order valence-electron chi connectivity index (χ4n) is 4.00. The third-order valence-corrected chi connectivity index (χ3v) is 6.33. The number of rotatable bonds is 6. The Kier molecular flexibility index (Phi) is 6.21. The number of thiophene rings is 1. The van der Waals surface area contributed by atoms with Gasteiger partial charge in [-0.1, -0.05) is 12.1 Å². The number of benzene rings is 2. The van der Waals surface area contributed by atoms with Crippen LogP contribution >= 0.6 is 11.3 Å². The molecule has 1 atom stereocenters. The molecule has 0 spiro atoms. The molecule has 1 aliphatic rings. The number of methoxy groups -OCH3 is 2. The SMILES string of the molecule is COc1cc2c(cc1OC)C(c1cccs1)N(CC(=O)Nc1cccc(C#N)c1)CC2. The van der Waals surface area contributed by atoms with E-state index in [1.165, 1.54) is 10.4 Å². The Labute approximate surface area is 185 Å². The van der Waals surface area contributed by atoms with Crippen LogP contribution in [0.3, 0.4) is 0 Å². The second-order valence-corrected chi connectivity index (χ2v) is 8.26. The quantitative estimate of drug-likeness (QED) is 0.630. The maximum Gasteiger partial charge on any atom is 0.238 e. The van der Waals surface area contributed by atoms with Crippen molar-refractivity contribution in [3.8, 4) is 17.6 Å². The molecule has 31 heavy (non-hydrogen) atoms. The number of nitrogens with one attached hydrogen (secondary N) is 1. The highest BCUT2D eigenvalue weighted by atomic mass is 32.1. The first-order chi connectivity index (χ1) is 15.1. The summed E-state index contributed by atoms with van der Waals surface area (Å²) in [7, 11) is 3.27. The minimum absolute atomic E-state index is 0.0419. The van der Waals surface area contributed by atoms with Crippen molar-refractivity contribution >= 4 is 22.9 Å². The molecule has 1 amide bonds. The lowest BCUT2D eigenvalue weighted by molar-refractivity contribution is -0.117. The number of hydrogen-bond acceptors (Lipinski definition) is 6. The van der Waals surface area contributed by atoms with Crippen molar-refractivity contribution in [2.24, 2.45) is 0 Å². The Balaban J connectivity index is 1.62. The molecule has 0 radical (unpaired) electrons. The molecule has 2 aromatic carbocycles. The summed E-state index contributed by atoms with van der Waals surface area (Å²) in [5.41, 5.74) is 3.47. The van der Waals surface area contributed by atoms with Gasteiger partial charge in [0.15, 0.2) is 11.5 Å². The lowest BCUT2D eigenvalue weighted by Gasteiger charge is -2.37. The first-order valence-electron chi connectivity index (χ1n) is 9.95. The van der Waals surface area contributed by atoms with Crippen LogP contribution in [-0.4, -0.2) is 38.1 Å². The van der Waals surface area contributed by atoms with Gasteiger partial charge >= 0.3 is 0 Å². The van der Waals surface area contributed by atoms with Crippen molar-refractivity contribution in [1.82, 2.24) is 4.90 Å². The van der Waals surface area contributed by atoms with Crippen LogP contribution < -0.4 is 14.8 Å². The fourth-order valence-corrected chi connectivity index (χ4v) is 4.88. The predicted octanol–water partition coefficient (Wildman–Crippen LogP) is 4.22. The van der Waals surface area contributed by atoms with Crippen LogP contribution in [0, 0.1) is 11.3 Å². The van der Waals surface area contributed by atoms with Crippen molar-refractivity contribution in [2.45, 2.75) is 12.5 Å². The standard InChI is InChI=1S/C24H23N3O3S/c1-29-20-12-17-8-9-27(15-23(28)26-18-6-3-5-16(11-18)14-25)24(22-7-4-10-31-22)19(17)13-21(20)30-2/h3-7,10-13,24H,8-9,15H2,1-2H3,(H,26,28). The van der Waals surface area contributed by atoms with Gasteiger partial charge in [0.2, 0.25) is 5.91 Å². The van der Waals surface area contributed by atoms with Gasteiger partial charge < -0.3 is 14.8 Å². The van der Waals surface area contributed by atoms with E-state index >= 15 is 0 Å². The number of nitrogens with zero attached hydrogens (tertiary/aromatic N) is 2. The van der Waals surface area contributed by atoms with E-state index in [1.54, 1.807) is 49.8 Å². The van der Waals surface area contributed by atoms with Crippen molar-refractivity contribution in [3.63, 3.8) is 0 Å². The first-order valence-corrected chi connectivity index (χ1v) is 10.8. The average Bonchev–Trinajstić information content (AvgIpc) is 3.32. The number of carbonyl (C=O) groups excluding carboxylic acids is 1. The first kappa shape index (κ1) is 20.9. The van der Waals surface area contributed by atoms with Crippen LogP contribution in [0.5, 0.6) is 11.5 Å². The lowest BCUT2D eigenvalue weighted by Crippen LogP contribution is -2.40. The Morgan fingerprint density at radius 1 is 1.19 bits per heavy atom. The largest absolute Gasteiger partial charge is 0.493 e. The van der Waals surface area contributed by atoms with Crippen LogP contribution in [0.15, 0.2) is 53.9 Å². The summed E-state index contributed by atoms with van der Waals surface area (Å²) in [6, 6.07) is 17.2. The molecular formula is C24H23N3O3S. The van der Waals surface area contributed by atoms with Gasteiger partial charge in [0, 0.05) is 17.1 Å². The van der Waals surface area contributed by atoms with E-state index < -0.39 is 0 Å². The maximum absolute atomic E-state index is 12.9. The summed E-state index contributed by atoms with van der Waals surface area (Å²) in [5, 5.41) is 14.1. The van der Waals surface area contributed by atoms with E-state index in [4.69, 9.17) is 14.7 Å². The normalized spacial score (nSPS) is 15.6. The zero-order chi connectivity index (χ0) is 21.8. The molecule has 158 valence electrons.